The summed E-state index contributed by atoms with van der Waals surface area (Å²) in [6, 6.07) is 13.7. The summed E-state index contributed by atoms with van der Waals surface area (Å²) in [4.78, 5) is 0. The fourth-order valence-electron chi connectivity index (χ4n) is 1.62. The monoisotopic (exact) mass is 215 g/mol. The van der Waals surface area contributed by atoms with Gasteiger partial charge in [0.25, 0.3) is 0 Å². The predicted molar refractivity (Wildman–Crippen MR) is 62.5 cm³/mol. The van der Waals surface area contributed by atoms with Gasteiger partial charge in [0.15, 0.2) is 5.84 Å². The van der Waals surface area contributed by atoms with Crippen LogP contribution in [0.1, 0.15) is 11.3 Å². The van der Waals surface area contributed by atoms with Crippen molar-refractivity contribution in [3.8, 4) is 0 Å². The number of aromatic nitrogens is 1. The molecule has 2 rings (SSSR count). The SMILES string of the molecule is N/C(=N/O)c1cccn1Cc1ccccc1. The van der Waals surface area contributed by atoms with Gasteiger partial charge in [-0.3, -0.25) is 0 Å². The molecule has 4 nitrogen and oxygen atoms in total. The van der Waals surface area contributed by atoms with E-state index in [1.807, 2.05) is 53.2 Å². The molecule has 0 radical (unpaired) electrons. The molecule has 3 N–H and O–H groups in total. The first-order chi connectivity index (χ1) is 7.81. The predicted octanol–water partition coefficient (Wildman–Crippen LogP) is 1.63. The zero-order valence-corrected chi connectivity index (χ0v) is 8.74. The highest BCUT2D eigenvalue weighted by molar-refractivity contribution is 5.95. The Morgan fingerprint density at radius 2 is 1.94 bits per heavy atom. The van der Waals surface area contributed by atoms with E-state index in [1.165, 1.54) is 5.56 Å². The Morgan fingerprint density at radius 1 is 1.19 bits per heavy atom. The van der Waals surface area contributed by atoms with E-state index in [4.69, 9.17) is 10.9 Å². The lowest BCUT2D eigenvalue weighted by Gasteiger charge is -2.07. The Morgan fingerprint density at radius 3 is 2.62 bits per heavy atom. The van der Waals surface area contributed by atoms with Crippen LogP contribution in [0.15, 0.2) is 53.8 Å². The van der Waals surface area contributed by atoms with Crippen molar-refractivity contribution >= 4 is 5.84 Å². The van der Waals surface area contributed by atoms with Crippen molar-refractivity contribution in [1.29, 1.82) is 0 Å². The summed E-state index contributed by atoms with van der Waals surface area (Å²) in [5.41, 5.74) is 7.46. The minimum absolute atomic E-state index is 0.126. The fourth-order valence-corrected chi connectivity index (χ4v) is 1.62. The molecule has 0 saturated heterocycles. The molecule has 0 aliphatic carbocycles. The number of oxime groups is 1. The molecule has 0 aliphatic heterocycles. The van der Waals surface area contributed by atoms with E-state index in [1.54, 1.807) is 0 Å². The van der Waals surface area contributed by atoms with E-state index in [0.29, 0.717) is 12.2 Å². The number of amidine groups is 1. The molecule has 0 spiro atoms. The summed E-state index contributed by atoms with van der Waals surface area (Å²) < 4.78 is 1.93. The van der Waals surface area contributed by atoms with E-state index < -0.39 is 0 Å². The molecule has 16 heavy (non-hydrogen) atoms. The van der Waals surface area contributed by atoms with Gasteiger partial charge in [-0.25, -0.2) is 0 Å². The molecule has 1 aromatic heterocycles. The third-order valence-electron chi connectivity index (χ3n) is 2.40. The van der Waals surface area contributed by atoms with E-state index in [9.17, 15) is 0 Å². The molecular formula is C12H13N3O. The van der Waals surface area contributed by atoms with Crippen molar-refractivity contribution < 1.29 is 5.21 Å². The van der Waals surface area contributed by atoms with Crippen LogP contribution in [0.4, 0.5) is 0 Å². The van der Waals surface area contributed by atoms with Gasteiger partial charge >= 0.3 is 0 Å². The van der Waals surface area contributed by atoms with Crippen molar-refractivity contribution in [3.05, 3.63) is 59.9 Å². The number of hydrogen-bond acceptors (Lipinski definition) is 2. The highest BCUT2D eigenvalue weighted by atomic mass is 16.4. The summed E-state index contributed by atoms with van der Waals surface area (Å²) in [5, 5.41) is 11.7. The lowest BCUT2D eigenvalue weighted by Crippen LogP contribution is -2.18. The molecule has 0 atom stereocenters. The van der Waals surface area contributed by atoms with E-state index in [-0.39, 0.29) is 5.84 Å². The Balaban J connectivity index is 2.26. The maximum absolute atomic E-state index is 8.65. The van der Waals surface area contributed by atoms with Gasteiger partial charge < -0.3 is 15.5 Å². The van der Waals surface area contributed by atoms with Crippen molar-refractivity contribution in [2.45, 2.75) is 6.54 Å². The third kappa shape index (κ3) is 2.06. The lowest BCUT2D eigenvalue weighted by molar-refractivity contribution is 0.318. The van der Waals surface area contributed by atoms with Crippen LogP contribution < -0.4 is 5.73 Å². The van der Waals surface area contributed by atoms with Crippen LogP contribution in [0.25, 0.3) is 0 Å². The van der Waals surface area contributed by atoms with Gasteiger partial charge in [0.1, 0.15) is 0 Å². The summed E-state index contributed by atoms with van der Waals surface area (Å²) in [5.74, 6) is 0.126. The second-order valence-corrected chi connectivity index (χ2v) is 3.49. The quantitative estimate of drug-likeness (QED) is 0.354. The number of nitrogens with zero attached hydrogens (tertiary/aromatic N) is 2. The highest BCUT2D eigenvalue weighted by Crippen LogP contribution is 2.07. The fraction of sp³-hybridized carbons (Fsp3) is 0.0833. The molecule has 82 valence electrons. The van der Waals surface area contributed by atoms with Crippen LogP contribution >= 0.6 is 0 Å². The van der Waals surface area contributed by atoms with Gasteiger partial charge in [0.05, 0.1) is 5.69 Å². The smallest absolute Gasteiger partial charge is 0.186 e. The van der Waals surface area contributed by atoms with Crippen molar-refractivity contribution in [1.82, 2.24) is 4.57 Å². The zero-order valence-electron chi connectivity index (χ0n) is 8.74. The van der Waals surface area contributed by atoms with E-state index in [2.05, 4.69) is 5.16 Å². The van der Waals surface area contributed by atoms with Crippen LogP contribution in [-0.2, 0) is 6.54 Å². The van der Waals surface area contributed by atoms with Gasteiger partial charge in [-0.05, 0) is 17.7 Å². The van der Waals surface area contributed by atoms with E-state index in [0.717, 1.165) is 0 Å². The van der Waals surface area contributed by atoms with E-state index >= 15 is 0 Å². The Hall–Kier alpha value is -2.23. The molecule has 4 heteroatoms. The third-order valence-corrected chi connectivity index (χ3v) is 2.40. The van der Waals surface area contributed by atoms with Crippen LogP contribution in [0.3, 0.4) is 0 Å². The van der Waals surface area contributed by atoms with Crippen LogP contribution in [-0.4, -0.2) is 15.6 Å². The topological polar surface area (TPSA) is 63.5 Å². The molecule has 0 saturated carbocycles. The average molecular weight is 215 g/mol. The number of benzene rings is 1. The first kappa shape index (κ1) is 10.3. The van der Waals surface area contributed by atoms with Gasteiger partial charge in [0, 0.05) is 12.7 Å². The standard InChI is InChI=1S/C12H13N3O/c13-12(14-16)11-7-4-8-15(11)9-10-5-2-1-3-6-10/h1-8,16H,9H2,(H2,13,14). The van der Waals surface area contributed by atoms with Crippen LogP contribution in [0.2, 0.25) is 0 Å². The molecular weight excluding hydrogens is 202 g/mol. The van der Waals surface area contributed by atoms with Gasteiger partial charge in [0.2, 0.25) is 0 Å². The molecule has 0 fully saturated rings. The van der Waals surface area contributed by atoms with Gasteiger partial charge in [-0.15, -0.1) is 0 Å². The van der Waals surface area contributed by atoms with Gasteiger partial charge in [-0.1, -0.05) is 35.5 Å². The zero-order chi connectivity index (χ0) is 11.4. The Kier molecular flexibility index (Phi) is 2.91. The first-order valence-electron chi connectivity index (χ1n) is 4.98. The lowest BCUT2D eigenvalue weighted by atomic mass is 10.2. The molecule has 0 unspecified atom stereocenters. The Labute approximate surface area is 93.6 Å². The maximum Gasteiger partial charge on any atom is 0.186 e. The van der Waals surface area contributed by atoms with Crippen molar-refractivity contribution in [3.63, 3.8) is 0 Å². The molecule has 0 amide bonds. The largest absolute Gasteiger partial charge is 0.409 e. The van der Waals surface area contributed by atoms with Crippen molar-refractivity contribution in [2.75, 3.05) is 0 Å². The highest BCUT2D eigenvalue weighted by Gasteiger charge is 2.05. The number of rotatable bonds is 3. The molecule has 0 aliphatic rings. The second-order valence-electron chi connectivity index (χ2n) is 3.49. The summed E-state index contributed by atoms with van der Waals surface area (Å²) in [7, 11) is 0. The number of hydrogen-bond donors (Lipinski definition) is 2. The second kappa shape index (κ2) is 4.53. The maximum atomic E-state index is 8.65. The number of nitrogens with two attached hydrogens (primary N) is 1. The van der Waals surface area contributed by atoms with Crippen LogP contribution in [0, 0.1) is 0 Å². The summed E-state index contributed by atoms with van der Waals surface area (Å²) in [6.45, 7) is 0.708. The minimum atomic E-state index is 0.126. The Bertz CT molecular complexity index is 488. The summed E-state index contributed by atoms with van der Waals surface area (Å²) >= 11 is 0. The molecule has 1 aromatic carbocycles. The minimum Gasteiger partial charge on any atom is -0.409 e. The molecule has 0 bridgehead atoms. The van der Waals surface area contributed by atoms with Crippen LogP contribution in [0.5, 0.6) is 0 Å². The first-order valence-corrected chi connectivity index (χ1v) is 4.98. The molecule has 1 heterocycles. The van der Waals surface area contributed by atoms with Gasteiger partial charge in [-0.2, -0.15) is 0 Å². The molecule has 2 aromatic rings. The summed E-state index contributed by atoms with van der Waals surface area (Å²) in [6.07, 6.45) is 1.90. The van der Waals surface area contributed by atoms with Crippen molar-refractivity contribution in [2.24, 2.45) is 10.9 Å². The normalized spacial score (nSPS) is 11.6. The average Bonchev–Trinajstić information content (AvgIpc) is 2.77.